The fourth-order valence-electron chi connectivity index (χ4n) is 1.46. The third-order valence-electron chi connectivity index (χ3n) is 2.89. The zero-order valence-corrected chi connectivity index (χ0v) is 11.6. The molecule has 1 rings (SSSR count). The Bertz CT molecular complexity index is 390. The van der Waals surface area contributed by atoms with Crippen molar-refractivity contribution in [2.24, 2.45) is 5.41 Å². The van der Waals surface area contributed by atoms with Gasteiger partial charge in [0.05, 0.1) is 6.10 Å². The number of rotatable bonds is 5. The molecule has 0 bridgehead atoms. The minimum atomic E-state index is -0.535. The topological polar surface area (TPSA) is 62.5 Å². The third kappa shape index (κ3) is 4.92. The molecule has 1 unspecified atom stereocenters. The molecule has 0 spiro atoms. The highest BCUT2D eigenvalue weighted by atomic mass is 16.3. The van der Waals surface area contributed by atoms with Gasteiger partial charge < -0.3 is 14.8 Å². The van der Waals surface area contributed by atoms with Crippen LogP contribution in [0.3, 0.4) is 0 Å². The second-order valence-corrected chi connectivity index (χ2v) is 5.70. The van der Waals surface area contributed by atoms with Gasteiger partial charge in [-0.1, -0.05) is 20.8 Å². The fraction of sp³-hybridized carbons (Fsp3) is 0.643. The van der Waals surface area contributed by atoms with Gasteiger partial charge in [-0.15, -0.1) is 0 Å². The van der Waals surface area contributed by atoms with E-state index in [1.807, 2.05) is 39.8 Å². The predicted octanol–water partition coefficient (Wildman–Crippen LogP) is 2.04. The average molecular weight is 253 g/mol. The van der Waals surface area contributed by atoms with Crippen LogP contribution in [0.2, 0.25) is 0 Å². The fourth-order valence-corrected chi connectivity index (χ4v) is 1.46. The summed E-state index contributed by atoms with van der Waals surface area (Å²) < 4.78 is 5.38. The normalized spacial score (nSPS) is 13.4. The first-order valence-corrected chi connectivity index (χ1v) is 6.29. The van der Waals surface area contributed by atoms with Gasteiger partial charge in [0, 0.05) is 19.4 Å². The van der Waals surface area contributed by atoms with Crippen molar-refractivity contribution in [3.63, 3.8) is 0 Å². The quantitative estimate of drug-likeness (QED) is 0.844. The smallest absolute Gasteiger partial charge is 0.220 e. The number of furan rings is 1. The molecular formula is C14H23NO3. The molecule has 102 valence electrons. The van der Waals surface area contributed by atoms with E-state index in [1.165, 1.54) is 0 Å². The van der Waals surface area contributed by atoms with Crippen molar-refractivity contribution in [1.29, 1.82) is 0 Å². The average Bonchev–Trinajstić information content (AvgIpc) is 2.67. The van der Waals surface area contributed by atoms with Crippen LogP contribution in [-0.2, 0) is 11.2 Å². The summed E-state index contributed by atoms with van der Waals surface area (Å²) in [6.07, 6.45) is 0.432. The van der Waals surface area contributed by atoms with Gasteiger partial charge in [-0.3, -0.25) is 4.79 Å². The lowest BCUT2D eigenvalue weighted by Crippen LogP contribution is -2.39. The lowest BCUT2D eigenvalue weighted by Gasteiger charge is -2.25. The molecule has 0 radical (unpaired) electrons. The van der Waals surface area contributed by atoms with Gasteiger partial charge in [-0.05, 0) is 24.5 Å². The van der Waals surface area contributed by atoms with Crippen molar-refractivity contribution < 1.29 is 14.3 Å². The third-order valence-corrected chi connectivity index (χ3v) is 2.89. The maximum absolute atomic E-state index is 11.6. The summed E-state index contributed by atoms with van der Waals surface area (Å²) in [5.41, 5.74) is -0.217. The van der Waals surface area contributed by atoms with Crippen LogP contribution in [-0.4, -0.2) is 23.7 Å². The summed E-state index contributed by atoms with van der Waals surface area (Å²) in [4.78, 5) is 11.6. The standard InChI is InChI=1S/C14H23NO3/c1-10-5-6-11(18-10)7-8-13(17)15-9-12(16)14(2,3)4/h5-6,12,16H,7-9H2,1-4H3,(H,15,17). The maximum Gasteiger partial charge on any atom is 0.220 e. The zero-order chi connectivity index (χ0) is 13.8. The van der Waals surface area contributed by atoms with Gasteiger partial charge in [-0.2, -0.15) is 0 Å². The maximum atomic E-state index is 11.6. The Morgan fingerprint density at radius 3 is 2.61 bits per heavy atom. The number of amides is 1. The van der Waals surface area contributed by atoms with E-state index >= 15 is 0 Å². The molecular weight excluding hydrogens is 230 g/mol. The molecule has 4 heteroatoms. The monoisotopic (exact) mass is 253 g/mol. The van der Waals surface area contributed by atoms with Crippen molar-refractivity contribution >= 4 is 5.91 Å². The van der Waals surface area contributed by atoms with Crippen molar-refractivity contribution in [2.45, 2.75) is 46.6 Å². The Morgan fingerprint density at radius 2 is 2.11 bits per heavy atom. The molecule has 18 heavy (non-hydrogen) atoms. The highest BCUT2D eigenvalue weighted by molar-refractivity contribution is 5.76. The minimum Gasteiger partial charge on any atom is -0.466 e. The van der Waals surface area contributed by atoms with E-state index in [0.717, 1.165) is 11.5 Å². The van der Waals surface area contributed by atoms with Crippen LogP contribution in [0.1, 0.15) is 38.7 Å². The highest BCUT2D eigenvalue weighted by Crippen LogP contribution is 2.18. The van der Waals surface area contributed by atoms with Crippen molar-refractivity contribution in [3.05, 3.63) is 23.7 Å². The minimum absolute atomic E-state index is 0.0626. The first kappa shape index (κ1) is 14.8. The van der Waals surface area contributed by atoms with E-state index < -0.39 is 6.10 Å². The first-order chi connectivity index (χ1) is 8.29. The predicted molar refractivity (Wildman–Crippen MR) is 70.2 cm³/mol. The number of aliphatic hydroxyl groups excluding tert-OH is 1. The summed E-state index contributed by atoms with van der Waals surface area (Å²) >= 11 is 0. The van der Waals surface area contributed by atoms with Crippen LogP contribution in [0, 0.1) is 12.3 Å². The summed E-state index contributed by atoms with van der Waals surface area (Å²) in [7, 11) is 0. The van der Waals surface area contributed by atoms with E-state index in [1.54, 1.807) is 0 Å². The SMILES string of the molecule is Cc1ccc(CCC(=O)NCC(O)C(C)(C)C)o1. The van der Waals surface area contributed by atoms with Crippen LogP contribution in [0.4, 0.5) is 0 Å². The van der Waals surface area contributed by atoms with E-state index in [2.05, 4.69) is 5.32 Å². The molecule has 0 aliphatic heterocycles. The number of carbonyl (C=O) groups is 1. The van der Waals surface area contributed by atoms with Gasteiger partial charge >= 0.3 is 0 Å². The molecule has 4 nitrogen and oxygen atoms in total. The molecule has 1 aromatic heterocycles. The molecule has 0 fully saturated rings. The molecule has 2 N–H and O–H groups in total. The van der Waals surface area contributed by atoms with Crippen molar-refractivity contribution in [1.82, 2.24) is 5.32 Å². The van der Waals surface area contributed by atoms with E-state index in [-0.39, 0.29) is 11.3 Å². The Balaban J connectivity index is 2.26. The largest absolute Gasteiger partial charge is 0.466 e. The molecule has 0 saturated heterocycles. The van der Waals surface area contributed by atoms with Crippen molar-refractivity contribution in [3.8, 4) is 0 Å². The lowest BCUT2D eigenvalue weighted by atomic mass is 9.89. The Kier molecular flexibility index (Phi) is 4.96. The summed E-state index contributed by atoms with van der Waals surface area (Å²) in [6, 6.07) is 3.77. The number of carbonyl (C=O) groups excluding carboxylic acids is 1. The summed E-state index contributed by atoms with van der Waals surface area (Å²) in [6.45, 7) is 7.99. The zero-order valence-electron chi connectivity index (χ0n) is 11.6. The molecule has 0 aliphatic rings. The highest BCUT2D eigenvalue weighted by Gasteiger charge is 2.22. The Labute approximate surface area is 108 Å². The van der Waals surface area contributed by atoms with E-state index in [0.29, 0.717) is 19.4 Å². The summed E-state index contributed by atoms with van der Waals surface area (Å²) in [5.74, 6) is 1.61. The van der Waals surface area contributed by atoms with Gasteiger partial charge in [0.1, 0.15) is 11.5 Å². The lowest BCUT2D eigenvalue weighted by molar-refractivity contribution is -0.121. The van der Waals surface area contributed by atoms with E-state index in [4.69, 9.17) is 4.42 Å². The molecule has 0 saturated carbocycles. The van der Waals surface area contributed by atoms with Crippen LogP contribution < -0.4 is 5.32 Å². The van der Waals surface area contributed by atoms with Gasteiger partial charge in [0.2, 0.25) is 5.91 Å². The van der Waals surface area contributed by atoms with Crippen LogP contribution in [0.25, 0.3) is 0 Å². The molecule has 1 atom stereocenters. The van der Waals surface area contributed by atoms with Crippen molar-refractivity contribution in [2.75, 3.05) is 6.54 Å². The molecule has 1 heterocycles. The number of aryl methyl sites for hydroxylation is 2. The molecule has 1 amide bonds. The second kappa shape index (κ2) is 6.05. The van der Waals surface area contributed by atoms with E-state index in [9.17, 15) is 9.90 Å². The Hall–Kier alpha value is -1.29. The number of nitrogens with one attached hydrogen (secondary N) is 1. The van der Waals surface area contributed by atoms with Crippen LogP contribution >= 0.6 is 0 Å². The molecule has 0 aromatic carbocycles. The van der Waals surface area contributed by atoms with Crippen LogP contribution in [0.15, 0.2) is 16.5 Å². The Morgan fingerprint density at radius 1 is 1.44 bits per heavy atom. The van der Waals surface area contributed by atoms with Crippen LogP contribution in [0.5, 0.6) is 0 Å². The first-order valence-electron chi connectivity index (χ1n) is 6.29. The molecule has 0 aliphatic carbocycles. The molecule has 1 aromatic rings. The van der Waals surface area contributed by atoms with Gasteiger partial charge in [0.25, 0.3) is 0 Å². The second-order valence-electron chi connectivity index (χ2n) is 5.70. The number of aliphatic hydroxyl groups is 1. The number of hydrogen-bond donors (Lipinski definition) is 2. The number of hydrogen-bond acceptors (Lipinski definition) is 3. The summed E-state index contributed by atoms with van der Waals surface area (Å²) in [5, 5.41) is 12.5. The van der Waals surface area contributed by atoms with Gasteiger partial charge in [-0.25, -0.2) is 0 Å². The van der Waals surface area contributed by atoms with Gasteiger partial charge in [0.15, 0.2) is 0 Å².